The molecule has 0 saturated heterocycles. The van der Waals surface area contributed by atoms with Crippen LogP contribution in [0.2, 0.25) is 0 Å². The number of nitrogens with one attached hydrogen (secondary N) is 4. The number of anilines is 2. The van der Waals surface area contributed by atoms with Crippen LogP contribution in [0.1, 0.15) is 82.9 Å². The molecule has 0 bridgehead atoms. The van der Waals surface area contributed by atoms with Crippen molar-refractivity contribution in [3.63, 3.8) is 0 Å². The predicted octanol–water partition coefficient (Wildman–Crippen LogP) is 8.27. The fourth-order valence-electron chi connectivity index (χ4n) is 7.11. The van der Waals surface area contributed by atoms with Crippen LogP contribution in [0.5, 0.6) is 0 Å². The maximum Gasteiger partial charge on any atom is 0.269 e. The smallest absolute Gasteiger partial charge is 0.268 e. The molecule has 0 radical (unpaired) electrons. The normalized spacial score (nSPS) is 12.9. The van der Waals surface area contributed by atoms with E-state index in [9.17, 15) is 38.4 Å². The molecule has 4 N–H and O–H groups in total. The third-order valence-corrected chi connectivity index (χ3v) is 10.6. The molecule has 2 aliphatic heterocycles. The van der Waals surface area contributed by atoms with Crippen molar-refractivity contribution in [2.24, 2.45) is 20.5 Å². The molecule has 7 aromatic rings. The Morgan fingerprint density at radius 2 is 0.618 bits per heavy atom. The molecule has 330 valence electrons. The number of amides is 8. The van der Waals surface area contributed by atoms with Crippen molar-refractivity contribution in [2.75, 3.05) is 9.80 Å². The summed E-state index contributed by atoms with van der Waals surface area (Å²) in [6, 6.07) is 44.1. The van der Waals surface area contributed by atoms with E-state index in [1.807, 2.05) is 36.4 Å². The molecule has 0 fully saturated rings. The lowest BCUT2D eigenvalue weighted by molar-refractivity contribution is 0.0842. The molecule has 0 aliphatic carbocycles. The third kappa shape index (κ3) is 8.86. The molecule has 7 aromatic carbocycles. The molecule has 0 atom stereocenters. The van der Waals surface area contributed by atoms with Gasteiger partial charge in [0, 0.05) is 22.3 Å². The molecule has 0 saturated carbocycles. The molecule has 0 spiro atoms. The topological polar surface area (TPSA) is 241 Å². The zero-order valence-corrected chi connectivity index (χ0v) is 35.1. The molecule has 2 aliphatic rings. The summed E-state index contributed by atoms with van der Waals surface area (Å²) in [5.74, 6) is -5.68. The van der Waals surface area contributed by atoms with E-state index in [1.165, 1.54) is 60.7 Å². The highest BCUT2D eigenvalue weighted by atomic mass is 16.2. The fraction of sp³-hybridized carbons (Fsp3) is 0. The number of azo groups is 2. The van der Waals surface area contributed by atoms with Gasteiger partial charge in [-0.15, -0.1) is 0 Å². The molecular weight excluding hydrogens is 869 g/mol. The zero-order valence-electron chi connectivity index (χ0n) is 35.1. The highest BCUT2D eigenvalue weighted by Crippen LogP contribution is 2.33. The summed E-state index contributed by atoms with van der Waals surface area (Å²) in [4.78, 5) is 108. The van der Waals surface area contributed by atoms with E-state index in [4.69, 9.17) is 0 Å². The van der Waals surface area contributed by atoms with Crippen molar-refractivity contribution in [3.05, 3.63) is 214 Å². The van der Waals surface area contributed by atoms with Crippen molar-refractivity contribution in [1.82, 2.24) is 21.7 Å². The van der Waals surface area contributed by atoms with Crippen LogP contribution in [0.4, 0.5) is 34.1 Å². The summed E-state index contributed by atoms with van der Waals surface area (Å²) < 4.78 is 0. The van der Waals surface area contributed by atoms with Gasteiger partial charge in [-0.05, 0) is 127 Å². The third-order valence-electron chi connectivity index (χ3n) is 10.6. The number of imide groups is 2. The van der Waals surface area contributed by atoms with E-state index in [-0.39, 0.29) is 55.9 Å². The predicted molar refractivity (Wildman–Crippen MR) is 246 cm³/mol. The average Bonchev–Trinajstić information content (AvgIpc) is 3.79. The number of carbonyl (C=O) groups excluding carboxylic acids is 8. The van der Waals surface area contributed by atoms with E-state index in [2.05, 4.69) is 42.2 Å². The minimum atomic E-state index is -0.807. The Hall–Kier alpha value is -10.1. The van der Waals surface area contributed by atoms with Gasteiger partial charge >= 0.3 is 0 Å². The Morgan fingerprint density at radius 3 is 0.971 bits per heavy atom. The number of carbonyl (C=O) groups is 8. The average molecular weight is 901 g/mol. The van der Waals surface area contributed by atoms with Gasteiger partial charge in [-0.25, -0.2) is 9.80 Å². The summed E-state index contributed by atoms with van der Waals surface area (Å²) in [6.07, 6.45) is 0. The second-order valence-electron chi connectivity index (χ2n) is 14.9. The van der Waals surface area contributed by atoms with Crippen LogP contribution in [-0.2, 0) is 0 Å². The number of hydrogen-bond acceptors (Lipinski definition) is 12. The van der Waals surface area contributed by atoms with Gasteiger partial charge in [0.1, 0.15) is 0 Å². The van der Waals surface area contributed by atoms with Crippen LogP contribution in [0, 0.1) is 0 Å². The highest BCUT2D eigenvalue weighted by Gasteiger charge is 2.38. The fourth-order valence-corrected chi connectivity index (χ4v) is 7.11. The Labute approximate surface area is 385 Å². The van der Waals surface area contributed by atoms with Gasteiger partial charge in [0.05, 0.1) is 56.4 Å². The Bertz CT molecular complexity index is 3070. The lowest BCUT2D eigenvalue weighted by Gasteiger charge is -2.13. The minimum Gasteiger partial charge on any atom is -0.268 e. The largest absolute Gasteiger partial charge is 0.269 e. The molecule has 8 amide bonds. The number of hydrazine groups is 2. The summed E-state index contributed by atoms with van der Waals surface area (Å²) in [6.45, 7) is 0. The Balaban J connectivity index is 0.775. The van der Waals surface area contributed by atoms with Crippen molar-refractivity contribution >= 4 is 81.4 Å². The van der Waals surface area contributed by atoms with Crippen molar-refractivity contribution in [2.45, 2.75) is 0 Å². The number of fused-ring (bicyclic) bond motifs is 2. The Morgan fingerprint density at radius 1 is 0.309 bits per heavy atom. The molecule has 18 nitrogen and oxygen atoms in total. The number of nitrogens with zero attached hydrogens (tertiary/aromatic N) is 6. The van der Waals surface area contributed by atoms with Gasteiger partial charge < -0.3 is 0 Å². The molecule has 0 unspecified atom stereocenters. The molecule has 18 heteroatoms. The zero-order chi connectivity index (χ0) is 47.3. The number of rotatable bonds is 10. The molecule has 68 heavy (non-hydrogen) atoms. The maximum atomic E-state index is 13.4. The van der Waals surface area contributed by atoms with E-state index in [0.29, 0.717) is 22.7 Å². The molecule has 0 aromatic heterocycles. The summed E-state index contributed by atoms with van der Waals surface area (Å²) >= 11 is 0. The van der Waals surface area contributed by atoms with Crippen LogP contribution >= 0.6 is 0 Å². The van der Waals surface area contributed by atoms with Crippen LogP contribution in [0.15, 0.2) is 190 Å². The van der Waals surface area contributed by atoms with Crippen molar-refractivity contribution < 1.29 is 38.4 Å². The summed E-state index contributed by atoms with van der Waals surface area (Å²) in [5.41, 5.74) is 11.9. The van der Waals surface area contributed by atoms with Gasteiger partial charge in [0.2, 0.25) is 0 Å². The molecular formula is C50H32N10O8. The Kier molecular flexibility index (Phi) is 11.8. The lowest BCUT2D eigenvalue weighted by atomic mass is 10.1. The maximum absolute atomic E-state index is 13.4. The van der Waals surface area contributed by atoms with E-state index in [1.54, 1.807) is 72.8 Å². The van der Waals surface area contributed by atoms with Crippen LogP contribution < -0.4 is 31.5 Å². The quantitative estimate of drug-likeness (QED) is 0.0590. The first-order valence-electron chi connectivity index (χ1n) is 20.5. The first kappa shape index (κ1) is 43.2. The van der Waals surface area contributed by atoms with Gasteiger partial charge in [0.15, 0.2) is 0 Å². The SMILES string of the molecule is O=C(NNC(=O)c1ccc2c(c1)C(=O)N(c1ccc(N=Nc3ccccc3)cc1)C2=O)c1cccc(C(=O)NNC(=O)c2ccc3c(c2)C(=O)N(c2ccc(N=Nc4ccccc4)cc2)C3=O)c1. The van der Waals surface area contributed by atoms with Gasteiger partial charge in [-0.2, -0.15) is 20.5 Å². The summed E-state index contributed by atoms with van der Waals surface area (Å²) in [7, 11) is 0. The second-order valence-corrected chi connectivity index (χ2v) is 14.9. The van der Waals surface area contributed by atoms with Crippen molar-refractivity contribution in [1.29, 1.82) is 0 Å². The van der Waals surface area contributed by atoms with Gasteiger partial charge in [-0.1, -0.05) is 42.5 Å². The van der Waals surface area contributed by atoms with E-state index >= 15 is 0 Å². The van der Waals surface area contributed by atoms with E-state index in [0.717, 1.165) is 9.80 Å². The van der Waals surface area contributed by atoms with E-state index < -0.39 is 47.3 Å². The summed E-state index contributed by atoms with van der Waals surface area (Å²) in [5, 5.41) is 16.7. The number of benzene rings is 7. The van der Waals surface area contributed by atoms with Crippen LogP contribution in [-0.4, -0.2) is 47.3 Å². The number of hydrogen-bond donors (Lipinski definition) is 4. The minimum absolute atomic E-state index is 0.0133. The standard InChI is InChI=1S/C50H32N10O8/c61-43(55-57-45(63)31-14-24-39-41(27-31)49(67)59(47(39)65)37-20-16-35(17-21-37)53-51-33-10-3-1-4-11-33)29-8-7-9-30(26-29)44(62)56-58-46(64)32-15-25-40-42(28-32)50(68)60(48(40)66)38-22-18-36(19-23-38)54-52-34-12-5-2-6-13-34/h1-28H,(H,55,61)(H,56,62)(H,57,63)(H,58,64). The van der Waals surface area contributed by atoms with Crippen LogP contribution in [0.25, 0.3) is 0 Å². The first-order chi connectivity index (χ1) is 33.0. The first-order valence-corrected chi connectivity index (χ1v) is 20.5. The van der Waals surface area contributed by atoms with Crippen LogP contribution in [0.3, 0.4) is 0 Å². The van der Waals surface area contributed by atoms with Crippen molar-refractivity contribution in [3.8, 4) is 0 Å². The second kappa shape index (κ2) is 18.6. The van der Waals surface area contributed by atoms with Gasteiger partial charge in [-0.3, -0.25) is 60.1 Å². The highest BCUT2D eigenvalue weighted by molar-refractivity contribution is 6.35. The molecule has 9 rings (SSSR count). The lowest BCUT2D eigenvalue weighted by Crippen LogP contribution is -2.42. The molecule has 2 heterocycles. The monoisotopic (exact) mass is 900 g/mol. The van der Waals surface area contributed by atoms with Gasteiger partial charge in [0.25, 0.3) is 47.3 Å².